The van der Waals surface area contributed by atoms with Crippen LogP contribution in [0.3, 0.4) is 0 Å². The van der Waals surface area contributed by atoms with E-state index in [0.717, 1.165) is 16.9 Å². The van der Waals surface area contributed by atoms with Gasteiger partial charge in [0.1, 0.15) is 11.5 Å². The number of aliphatic imine (C=N–C) groups is 1. The molecule has 1 amide bonds. The summed E-state index contributed by atoms with van der Waals surface area (Å²) < 4.78 is 18.0. The van der Waals surface area contributed by atoms with E-state index >= 15 is 0 Å². The standard InChI is InChI=1S/C38H39Cl2N3O5/c1-2-46-34-14-7-6-13-28(34)21-23-41-43-37(45)38(22-8-12-27-10-4-3-5-11-27)35(32-20-17-30(39)26-33(32)40)48-36(42-38)29-15-18-31(19-16-29)47-25-9-24-44/h3-8,10-20,26,35,41,44H,2,9,21-25H2,1H3,(H,43,45)/b12-8+/t35-,38-/m0/s1. The summed E-state index contributed by atoms with van der Waals surface area (Å²) in [5, 5.41) is 9.91. The Labute approximate surface area is 291 Å². The molecule has 0 saturated carbocycles. The van der Waals surface area contributed by atoms with Crippen LogP contribution in [0.15, 0.2) is 108 Å². The Bertz CT molecular complexity index is 1720. The van der Waals surface area contributed by atoms with Crippen molar-refractivity contribution < 1.29 is 24.1 Å². The highest BCUT2D eigenvalue weighted by molar-refractivity contribution is 6.35. The summed E-state index contributed by atoms with van der Waals surface area (Å²) in [6, 6.07) is 30.1. The van der Waals surface area contributed by atoms with E-state index in [9.17, 15) is 4.79 Å². The number of ether oxygens (including phenoxy) is 3. The summed E-state index contributed by atoms with van der Waals surface area (Å²) >= 11 is 13.0. The number of hydrogen-bond donors (Lipinski definition) is 3. The van der Waals surface area contributed by atoms with E-state index in [1.165, 1.54) is 0 Å². The Morgan fingerprint density at radius 1 is 1.00 bits per heavy atom. The molecule has 250 valence electrons. The van der Waals surface area contributed by atoms with Gasteiger partial charge in [-0.25, -0.2) is 10.4 Å². The molecule has 1 aliphatic rings. The molecule has 0 spiro atoms. The van der Waals surface area contributed by atoms with Crippen molar-refractivity contribution in [2.75, 3.05) is 26.4 Å². The molecule has 0 unspecified atom stereocenters. The lowest BCUT2D eigenvalue weighted by atomic mass is 9.84. The highest BCUT2D eigenvalue weighted by Crippen LogP contribution is 2.45. The third-order valence-corrected chi connectivity index (χ3v) is 8.37. The second-order valence-corrected chi connectivity index (χ2v) is 12.0. The van der Waals surface area contributed by atoms with Gasteiger partial charge in [0.05, 0.1) is 13.2 Å². The Balaban J connectivity index is 1.46. The van der Waals surface area contributed by atoms with Gasteiger partial charge in [0.15, 0.2) is 11.6 Å². The van der Waals surface area contributed by atoms with Gasteiger partial charge < -0.3 is 19.3 Å². The van der Waals surface area contributed by atoms with E-state index in [-0.39, 0.29) is 18.9 Å². The van der Waals surface area contributed by atoms with Crippen LogP contribution in [-0.2, 0) is 16.0 Å². The number of carbonyl (C=O) groups excluding carboxylic acids is 1. The van der Waals surface area contributed by atoms with E-state index < -0.39 is 11.6 Å². The molecule has 0 saturated heterocycles. The molecule has 1 heterocycles. The quantitative estimate of drug-likeness (QED) is 0.0840. The molecule has 0 fully saturated rings. The molecule has 0 aliphatic carbocycles. The molecule has 3 N–H and O–H groups in total. The maximum Gasteiger partial charge on any atom is 0.266 e. The van der Waals surface area contributed by atoms with Crippen LogP contribution in [0.5, 0.6) is 11.5 Å². The zero-order valence-electron chi connectivity index (χ0n) is 26.7. The number of hydrogen-bond acceptors (Lipinski definition) is 7. The average molecular weight is 689 g/mol. The van der Waals surface area contributed by atoms with Gasteiger partial charge in [0, 0.05) is 47.2 Å². The number of aliphatic hydroxyl groups is 1. The fraction of sp³-hybridized carbons (Fsp3) is 0.263. The fourth-order valence-corrected chi connectivity index (χ4v) is 5.91. The van der Waals surface area contributed by atoms with E-state index in [1.54, 1.807) is 30.3 Å². The van der Waals surface area contributed by atoms with Gasteiger partial charge in [-0.2, -0.15) is 0 Å². The summed E-state index contributed by atoms with van der Waals surface area (Å²) in [6.45, 7) is 3.41. The van der Waals surface area contributed by atoms with E-state index in [4.69, 9.17) is 47.5 Å². The first-order chi connectivity index (χ1) is 23.4. The minimum Gasteiger partial charge on any atom is -0.494 e. The molecule has 1 aliphatic heterocycles. The Hall–Kier alpha value is -4.34. The van der Waals surface area contributed by atoms with Gasteiger partial charge in [0.2, 0.25) is 5.90 Å². The Kier molecular flexibility index (Phi) is 12.5. The highest BCUT2D eigenvalue weighted by Gasteiger charge is 2.53. The van der Waals surface area contributed by atoms with Crippen molar-refractivity contribution in [3.63, 3.8) is 0 Å². The van der Waals surface area contributed by atoms with Gasteiger partial charge in [-0.15, -0.1) is 0 Å². The third kappa shape index (κ3) is 8.76. The van der Waals surface area contributed by atoms with Crippen molar-refractivity contribution in [2.45, 2.75) is 37.8 Å². The van der Waals surface area contributed by atoms with Gasteiger partial charge in [-0.3, -0.25) is 10.2 Å². The number of hydrazine groups is 1. The predicted molar refractivity (Wildman–Crippen MR) is 191 cm³/mol. The maximum atomic E-state index is 14.4. The monoisotopic (exact) mass is 687 g/mol. The summed E-state index contributed by atoms with van der Waals surface area (Å²) in [4.78, 5) is 19.4. The summed E-state index contributed by atoms with van der Waals surface area (Å²) in [7, 11) is 0. The number of rotatable bonds is 16. The minimum absolute atomic E-state index is 0.0513. The van der Waals surface area contributed by atoms with Crippen LogP contribution in [0.2, 0.25) is 10.0 Å². The highest BCUT2D eigenvalue weighted by atomic mass is 35.5. The largest absolute Gasteiger partial charge is 0.494 e. The molecule has 8 nitrogen and oxygen atoms in total. The number of para-hydroxylation sites is 1. The summed E-state index contributed by atoms with van der Waals surface area (Å²) in [5.41, 5.74) is 7.84. The SMILES string of the molecule is CCOc1ccccc1CCNNC(=O)[C@@]1(C/C=C/c2ccccc2)N=C(c2ccc(OCCCO)cc2)O[C@H]1c1ccc(Cl)cc1Cl. The topological polar surface area (TPSA) is 101 Å². The Morgan fingerprint density at radius 2 is 1.77 bits per heavy atom. The van der Waals surface area contributed by atoms with Crippen LogP contribution in [-0.4, -0.2) is 48.8 Å². The molecule has 2 atom stereocenters. The van der Waals surface area contributed by atoms with Crippen molar-refractivity contribution >= 4 is 41.1 Å². The van der Waals surface area contributed by atoms with Crippen LogP contribution >= 0.6 is 23.2 Å². The molecule has 0 aromatic heterocycles. The number of halogens is 2. The molecule has 4 aromatic rings. The predicted octanol–water partition coefficient (Wildman–Crippen LogP) is 7.38. The van der Waals surface area contributed by atoms with Crippen LogP contribution in [0.1, 0.15) is 48.1 Å². The van der Waals surface area contributed by atoms with Crippen molar-refractivity contribution in [3.05, 3.63) is 135 Å². The second-order valence-electron chi connectivity index (χ2n) is 11.1. The molecule has 0 radical (unpaired) electrons. The summed E-state index contributed by atoms with van der Waals surface area (Å²) in [6.07, 6.45) is 4.37. The number of amides is 1. The Morgan fingerprint density at radius 3 is 2.52 bits per heavy atom. The van der Waals surface area contributed by atoms with Crippen LogP contribution < -0.4 is 20.3 Å². The molecular weight excluding hydrogens is 649 g/mol. The number of carbonyl (C=O) groups is 1. The fourth-order valence-electron chi connectivity index (χ4n) is 5.40. The smallest absolute Gasteiger partial charge is 0.266 e. The number of aliphatic hydroxyl groups excluding tert-OH is 1. The average Bonchev–Trinajstić information content (AvgIpc) is 3.48. The zero-order chi connectivity index (χ0) is 33.8. The molecular formula is C38H39Cl2N3O5. The molecule has 5 rings (SSSR count). The second kappa shape index (κ2) is 17.2. The molecule has 48 heavy (non-hydrogen) atoms. The van der Waals surface area contributed by atoms with E-state index in [1.807, 2.05) is 85.8 Å². The molecule has 10 heteroatoms. The van der Waals surface area contributed by atoms with E-state index in [2.05, 4.69) is 10.9 Å². The van der Waals surface area contributed by atoms with Crippen LogP contribution in [0, 0.1) is 0 Å². The van der Waals surface area contributed by atoms with Gasteiger partial charge in [-0.1, -0.05) is 90.0 Å². The van der Waals surface area contributed by atoms with Crippen LogP contribution in [0.25, 0.3) is 6.08 Å². The van der Waals surface area contributed by atoms with Crippen molar-refractivity contribution in [1.29, 1.82) is 0 Å². The lowest BCUT2D eigenvalue weighted by Crippen LogP contribution is -2.52. The first-order valence-electron chi connectivity index (χ1n) is 15.9. The molecule has 0 bridgehead atoms. The number of nitrogens with zero attached hydrogens (tertiary/aromatic N) is 1. The summed E-state index contributed by atoms with van der Waals surface area (Å²) in [5.74, 6) is 1.37. The first kappa shape index (κ1) is 35.0. The molecule has 4 aromatic carbocycles. The lowest BCUT2D eigenvalue weighted by molar-refractivity contribution is -0.129. The van der Waals surface area contributed by atoms with E-state index in [0.29, 0.717) is 65.4 Å². The third-order valence-electron chi connectivity index (χ3n) is 7.81. The first-order valence-corrected chi connectivity index (χ1v) is 16.7. The van der Waals surface area contributed by atoms with Gasteiger partial charge >= 0.3 is 0 Å². The van der Waals surface area contributed by atoms with Gasteiger partial charge in [-0.05, 0) is 66.9 Å². The minimum atomic E-state index is -1.44. The maximum absolute atomic E-state index is 14.4. The van der Waals surface area contributed by atoms with Crippen molar-refractivity contribution in [1.82, 2.24) is 10.9 Å². The van der Waals surface area contributed by atoms with Crippen molar-refractivity contribution in [3.8, 4) is 11.5 Å². The lowest BCUT2D eigenvalue weighted by Gasteiger charge is -2.30. The van der Waals surface area contributed by atoms with Crippen molar-refractivity contribution in [2.24, 2.45) is 4.99 Å². The van der Waals surface area contributed by atoms with Crippen LogP contribution in [0.4, 0.5) is 0 Å². The van der Waals surface area contributed by atoms with Gasteiger partial charge in [0.25, 0.3) is 5.91 Å². The zero-order valence-corrected chi connectivity index (χ0v) is 28.2. The number of nitrogens with one attached hydrogen (secondary N) is 2. The normalized spacial score (nSPS) is 17.2. The number of benzene rings is 4.